The summed E-state index contributed by atoms with van der Waals surface area (Å²) in [5.41, 5.74) is 1.98. The highest BCUT2D eigenvalue weighted by atomic mass is 16.6. The molecule has 0 unspecified atom stereocenters. The lowest BCUT2D eigenvalue weighted by Gasteiger charge is -2.07. The lowest BCUT2D eigenvalue weighted by Crippen LogP contribution is -1.96. The van der Waals surface area contributed by atoms with E-state index in [0.29, 0.717) is 22.9 Å². The number of hydrogen-bond acceptors (Lipinski definition) is 6. The number of ether oxygens (including phenoxy) is 1. The molecule has 0 radical (unpaired) electrons. The molecule has 1 N–H and O–H groups in total. The molecule has 0 saturated heterocycles. The van der Waals surface area contributed by atoms with Crippen LogP contribution in [0.3, 0.4) is 0 Å². The molecule has 3 heterocycles. The Balaban J connectivity index is 1.87. The Hall–Kier alpha value is -3.29. The van der Waals surface area contributed by atoms with Crippen molar-refractivity contribution in [3.8, 4) is 22.8 Å². The summed E-state index contributed by atoms with van der Waals surface area (Å²) in [6.45, 7) is 1.65. The van der Waals surface area contributed by atoms with E-state index >= 15 is 0 Å². The number of aromatic nitrogens is 4. The first kappa shape index (κ1) is 13.7. The van der Waals surface area contributed by atoms with E-state index in [0.717, 1.165) is 5.56 Å². The number of nitrogens with one attached hydrogen (secondary N) is 1. The van der Waals surface area contributed by atoms with Gasteiger partial charge < -0.3 is 14.9 Å². The molecule has 110 valence electrons. The SMILES string of the molecule is Cc1nc([N+](=O)[O-])ccc1Oc1ccnc(-c2cn[nH]c2)c1. The fourth-order valence-corrected chi connectivity index (χ4v) is 1.90. The summed E-state index contributed by atoms with van der Waals surface area (Å²) < 4.78 is 5.73. The van der Waals surface area contributed by atoms with Crippen LogP contribution in [0.2, 0.25) is 0 Å². The van der Waals surface area contributed by atoms with Crippen molar-refractivity contribution in [2.45, 2.75) is 6.92 Å². The van der Waals surface area contributed by atoms with E-state index in [1.165, 1.54) is 12.1 Å². The van der Waals surface area contributed by atoms with Crippen LogP contribution in [0.4, 0.5) is 5.82 Å². The zero-order valence-corrected chi connectivity index (χ0v) is 11.6. The highest BCUT2D eigenvalue weighted by Crippen LogP contribution is 2.27. The molecule has 22 heavy (non-hydrogen) atoms. The quantitative estimate of drug-likeness (QED) is 0.586. The van der Waals surface area contributed by atoms with Gasteiger partial charge in [-0.05, 0) is 22.0 Å². The van der Waals surface area contributed by atoms with Crippen LogP contribution < -0.4 is 4.74 Å². The van der Waals surface area contributed by atoms with Gasteiger partial charge in [-0.3, -0.25) is 10.1 Å². The number of aryl methyl sites for hydroxylation is 1. The van der Waals surface area contributed by atoms with Gasteiger partial charge in [0.15, 0.2) is 11.4 Å². The van der Waals surface area contributed by atoms with Gasteiger partial charge in [-0.1, -0.05) is 0 Å². The van der Waals surface area contributed by atoms with Crippen LogP contribution in [0, 0.1) is 17.0 Å². The van der Waals surface area contributed by atoms with E-state index < -0.39 is 4.92 Å². The summed E-state index contributed by atoms with van der Waals surface area (Å²) in [6, 6.07) is 6.29. The summed E-state index contributed by atoms with van der Waals surface area (Å²) in [4.78, 5) is 18.3. The number of nitrogens with zero attached hydrogens (tertiary/aromatic N) is 4. The Morgan fingerprint density at radius 1 is 1.32 bits per heavy atom. The third-order valence-corrected chi connectivity index (χ3v) is 2.96. The summed E-state index contributed by atoms with van der Waals surface area (Å²) in [7, 11) is 0. The normalized spacial score (nSPS) is 10.4. The highest BCUT2D eigenvalue weighted by Gasteiger charge is 2.13. The van der Waals surface area contributed by atoms with Crippen LogP contribution in [0.15, 0.2) is 42.9 Å². The molecule has 0 atom stereocenters. The van der Waals surface area contributed by atoms with Gasteiger partial charge in [-0.2, -0.15) is 5.10 Å². The van der Waals surface area contributed by atoms with Crippen LogP contribution in [-0.2, 0) is 0 Å². The van der Waals surface area contributed by atoms with Crippen LogP contribution in [0.25, 0.3) is 11.3 Å². The summed E-state index contributed by atoms with van der Waals surface area (Å²) in [5, 5.41) is 17.3. The zero-order chi connectivity index (χ0) is 15.5. The largest absolute Gasteiger partial charge is 0.453 e. The number of H-pyrrole nitrogens is 1. The standard InChI is InChI=1S/C14H11N5O3/c1-9-13(2-3-14(18-9)19(20)21)22-11-4-5-15-12(6-11)10-7-16-17-8-10/h2-8H,1H3,(H,16,17). The van der Waals surface area contributed by atoms with Crippen LogP contribution in [0.1, 0.15) is 5.69 Å². The van der Waals surface area contributed by atoms with Crippen LogP contribution in [0.5, 0.6) is 11.5 Å². The molecular formula is C14H11N5O3. The Bertz CT molecular complexity index is 817. The molecule has 0 aromatic carbocycles. The first-order valence-corrected chi connectivity index (χ1v) is 6.38. The molecule has 0 aliphatic carbocycles. The van der Waals surface area contributed by atoms with E-state index in [9.17, 15) is 10.1 Å². The molecule has 0 bridgehead atoms. The third kappa shape index (κ3) is 2.75. The first-order valence-electron chi connectivity index (χ1n) is 6.38. The average Bonchev–Trinajstić information content (AvgIpc) is 3.04. The topological polar surface area (TPSA) is 107 Å². The van der Waals surface area contributed by atoms with Crippen molar-refractivity contribution >= 4 is 5.82 Å². The van der Waals surface area contributed by atoms with E-state index in [1.807, 2.05) is 0 Å². The smallest absolute Gasteiger partial charge is 0.363 e. The van der Waals surface area contributed by atoms with Crippen molar-refractivity contribution < 1.29 is 9.66 Å². The second-order valence-electron chi connectivity index (χ2n) is 4.48. The Kier molecular flexibility index (Phi) is 3.48. The number of hydrogen-bond donors (Lipinski definition) is 1. The molecule has 3 rings (SSSR count). The molecule has 0 aliphatic heterocycles. The van der Waals surface area contributed by atoms with Crippen LogP contribution >= 0.6 is 0 Å². The first-order chi connectivity index (χ1) is 10.6. The van der Waals surface area contributed by atoms with Crippen molar-refractivity contribution in [1.82, 2.24) is 20.2 Å². The molecule has 0 saturated carbocycles. The average molecular weight is 297 g/mol. The second-order valence-corrected chi connectivity index (χ2v) is 4.48. The van der Waals surface area contributed by atoms with Gasteiger partial charge in [0.25, 0.3) is 0 Å². The molecule has 3 aromatic heterocycles. The maximum absolute atomic E-state index is 10.7. The fraction of sp³-hybridized carbons (Fsp3) is 0.0714. The summed E-state index contributed by atoms with van der Waals surface area (Å²) in [5.74, 6) is 0.804. The summed E-state index contributed by atoms with van der Waals surface area (Å²) >= 11 is 0. The van der Waals surface area contributed by atoms with Gasteiger partial charge in [-0.25, -0.2) is 0 Å². The van der Waals surface area contributed by atoms with Crippen molar-refractivity contribution in [3.63, 3.8) is 0 Å². The minimum atomic E-state index is -0.541. The molecule has 8 nitrogen and oxygen atoms in total. The number of aromatic amines is 1. The van der Waals surface area contributed by atoms with Gasteiger partial charge in [0.2, 0.25) is 0 Å². The second kappa shape index (κ2) is 5.60. The monoisotopic (exact) mass is 297 g/mol. The van der Waals surface area contributed by atoms with Crippen LogP contribution in [-0.4, -0.2) is 25.1 Å². The molecule has 8 heteroatoms. The molecule has 0 spiro atoms. The van der Waals surface area contributed by atoms with Gasteiger partial charge >= 0.3 is 5.82 Å². The van der Waals surface area contributed by atoms with E-state index in [4.69, 9.17) is 4.74 Å². The highest BCUT2D eigenvalue weighted by molar-refractivity contribution is 5.58. The van der Waals surface area contributed by atoms with Gasteiger partial charge in [0.05, 0.1) is 11.9 Å². The molecule has 3 aromatic rings. The lowest BCUT2D eigenvalue weighted by atomic mass is 10.2. The molecule has 0 fully saturated rings. The minimum Gasteiger partial charge on any atom is -0.453 e. The predicted octanol–water partition coefficient (Wildman–Crippen LogP) is 2.88. The van der Waals surface area contributed by atoms with Crippen molar-refractivity contribution in [2.75, 3.05) is 0 Å². The Morgan fingerprint density at radius 3 is 2.86 bits per heavy atom. The Labute approximate surface area is 125 Å². The third-order valence-electron chi connectivity index (χ3n) is 2.96. The zero-order valence-electron chi connectivity index (χ0n) is 11.6. The van der Waals surface area contributed by atoms with E-state index in [1.54, 1.807) is 37.6 Å². The summed E-state index contributed by atoms with van der Waals surface area (Å²) in [6.07, 6.45) is 5.00. The van der Waals surface area contributed by atoms with Crippen molar-refractivity contribution in [3.05, 3.63) is 58.7 Å². The molecule has 0 amide bonds. The van der Waals surface area contributed by atoms with E-state index in [-0.39, 0.29) is 5.82 Å². The molecule has 0 aliphatic rings. The number of rotatable bonds is 4. The predicted molar refractivity (Wildman–Crippen MR) is 77.5 cm³/mol. The minimum absolute atomic E-state index is 0.210. The van der Waals surface area contributed by atoms with Gasteiger partial charge in [-0.15, -0.1) is 0 Å². The van der Waals surface area contributed by atoms with E-state index in [2.05, 4.69) is 20.2 Å². The lowest BCUT2D eigenvalue weighted by molar-refractivity contribution is -0.389. The van der Waals surface area contributed by atoms with Crippen molar-refractivity contribution in [2.24, 2.45) is 0 Å². The van der Waals surface area contributed by atoms with Gasteiger partial charge in [0, 0.05) is 37.0 Å². The molecular weight excluding hydrogens is 286 g/mol. The maximum atomic E-state index is 10.7. The number of pyridine rings is 2. The van der Waals surface area contributed by atoms with Gasteiger partial charge in [0.1, 0.15) is 5.75 Å². The van der Waals surface area contributed by atoms with Crippen molar-refractivity contribution in [1.29, 1.82) is 0 Å². The maximum Gasteiger partial charge on any atom is 0.363 e. The fourth-order valence-electron chi connectivity index (χ4n) is 1.90. The Morgan fingerprint density at radius 2 is 2.18 bits per heavy atom. The number of nitro groups is 1.